The number of guanidine groups is 1. The number of methoxy groups -OCH3 is 2. The van der Waals surface area contributed by atoms with E-state index in [1.165, 1.54) is 20.3 Å². The third kappa shape index (κ3) is 9.56. The molecule has 0 aliphatic carbocycles. The standard InChI is InChI=1S/C26H32F4N4O4/c1-15(2)9-18(13-23(35)32-14-17-5-7-20(27)19(10-17)26(28,29)30)33-25(31)34-24(36)12-16-6-8-21(37-3)22(11-16)38-4/h5-8,10-11,15,18H,9,12-14H2,1-4H3,(H,32,35)(H3,31,33,34,36)/t18-/m1/s1. The van der Waals surface area contributed by atoms with Crippen molar-refractivity contribution in [2.75, 3.05) is 14.2 Å². The van der Waals surface area contributed by atoms with Crippen molar-refractivity contribution in [3.8, 4) is 11.5 Å². The molecule has 0 unspecified atom stereocenters. The second-order valence-corrected chi connectivity index (χ2v) is 9.00. The van der Waals surface area contributed by atoms with E-state index in [2.05, 4.69) is 15.6 Å². The van der Waals surface area contributed by atoms with Crippen molar-refractivity contribution in [1.29, 1.82) is 0 Å². The van der Waals surface area contributed by atoms with Gasteiger partial charge in [-0.25, -0.2) is 9.38 Å². The predicted octanol–water partition coefficient (Wildman–Crippen LogP) is 3.96. The molecule has 12 heteroatoms. The van der Waals surface area contributed by atoms with E-state index in [1.807, 2.05) is 13.8 Å². The van der Waals surface area contributed by atoms with Gasteiger partial charge in [0.25, 0.3) is 0 Å². The number of nitrogens with one attached hydrogen (secondary N) is 2. The number of carbonyl (C=O) groups is 2. The molecule has 1 atom stereocenters. The molecular weight excluding hydrogens is 508 g/mol. The number of nitrogens with two attached hydrogens (primary N) is 1. The van der Waals surface area contributed by atoms with Gasteiger partial charge in [-0.15, -0.1) is 0 Å². The first-order valence-corrected chi connectivity index (χ1v) is 11.8. The quantitative estimate of drug-likeness (QED) is 0.227. The number of alkyl halides is 3. The lowest BCUT2D eigenvalue weighted by Gasteiger charge is -2.16. The summed E-state index contributed by atoms with van der Waals surface area (Å²) in [4.78, 5) is 29.2. The van der Waals surface area contributed by atoms with E-state index in [4.69, 9.17) is 15.2 Å². The van der Waals surface area contributed by atoms with Gasteiger partial charge in [0.1, 0.15) is 5.82 Å². The Morgan fingerprint density at radius 2 is 1.66 bits per heavy atom. The normalized spacial score (nSPS) is 12.7. The number of amides is 2. The van der Waals surface area contributed by atoms with E-state index in [1.54, 1.807) is 18.2 Å². The average Bonchev–Trinajstić information content (AvgIpc) is 2.82. The highest BCUT2D eigenvalue weighted by Crippen LogP contribution is 2.32. The van der Waals surface area contributed by atoms with Crippen LogP contribution in [0.25, 0.3) is 0 Å². The van der Waals surface area contributed by atoms with E-state index < -0.39 is 35.4 Å². The monoisotopic (exact) mass is 540 g/mol. The Kier molecular flexibility index (Phi) is 10.9. The van der Waals surface area contributed by atoms with E-state index in [0.717, 1.165) is 0 Å². The van der Waals surface area contributed by atoms with Gasteiger partial charge in [-0.05, 0) is 47.7 Å². The molecule has 38 heavy (non-hydrogen) atoms. The van der Waals surface area contributed by atoms with Crippen molar-refractivity contribution in [3.05, 3.63) is 58.9 Å². The molecule has 0 aliphatic heterocycles. The molecule has 208 valence electrons. The fourth-order valence-corrected chi connectivity index (χ4v) is 3.70. The molecule has 0 saturated heterocycles. The Morgan fingerprint density at radius 1 is 1.00 bits per heavy atom. The van der Waals surface area contributed by atoms with Gasteiger partial charge in [0.05, 0.1) is 32.2 Å². The number of hydrogen-bond donors (Lipinski definition) is 3. The van der Waals surface area contributed by atoms with Crippen LogP contribution < -0.4 is 25.8 Å². The highest BCUT2D eigenvalue weighted by molar-refractivity contribution is 5.97. The number of benzene rings is 2. The van der Waals surface area contributed by atoms with Gasteiger partial charge in [-0.2, -0.15) is 13.2 Å². The second kappa shape index (κ2) is 13.6. The van der Waals surface area contributed by atoms with Crippen LogP contribution in [-0.2, 0) is 28.7 Å². The van der Waals surface area contributed by atoms with Crippen molar-refractivity contribution in [1.82, 2.24) is 10.6 Å². The first-order chi connectivity index (χ1) is 17.8. The summed E-state index contributed by atoms with van der Waals surface area (Å²) < 4.78 is 62.7. The number of aliphatic imine (C=N–C) groups is 1. The summed E-state index contributed by atoms with van der Waals surface area (Å²) in [6.45, 7) is 3.62. The zero-order valence-corrected chi connectivity index (χ0v) is 21.6. The minimum Gasteiger partial charge on any atom is -0.493 e. The van der Waals surface area contributed by atoms with Gasteiger partial charge in [0, 0.05) is 13.0 Å². The fraction of sp³-hybridized carbons (Fsp3) is 0.423. The van der Waals surface area contributed by atoms with Crippen molar-refractivity contribution in [3.63, 3.8) is 0 Å². The number of halogens is 4. The predicted molar refractivity (Wildman–Crippen MR) is 134 cm³/mol. The van der Waals surface area contributed by atoms with Gasteiger partial charge in [0.15, 0.2) is 17.5 Å². The Hall–Kier alpha value is -3.83. The summed E-state index contributed by atoms with van der Waals surface area (Å²) in [5, 5.41) is 5.02. The van der Waals surface area contributed by atoms with Crippen LogP contribution in [-0.4, -0.2) is 38.0 Å². The molecule has 2 aromatic carbocycles. The van der Waals surface area contributed by atoms with Crippen LogP contribution >= 0.6 is 0 Å². The van der Waals surface area contributed by atoms with Gasteiger partial charge in [-0.3, -0.25) is 14.9 Å². The number of carbonyl (C=O) groups excluding carboxylic acids is 2. The van der Waals surface area contributed by atoms with Crippen molar-refractivity contribution in [2.45, 2.75) is 51.9 Å². The van der Waals surface area contributed by atoms with Gasteiger partial charge in [0.2, 0.25) is 11.8 Å². The lowest BCUT2D eigenvalue weighted by molar-refractivity contribution is -0.140. The number of ether oxygens (including phenoxy) is 2. The zero-order valence-electron chi connectivity index (χ0n) is 21.6. The van der Waals surface area contributed by atoms with Crippen LogP contribution in [0.5, 0.6) is 11.5 Å². The third-order valence-corrected chi connectivity index (χ3v) is 5.39. The van der Waals surface area contributed by atoms with Crippen LogP contribution in [0.15, 0.2) is 41.4 Å². The maximum absolute atomic E-state index is 13.5. The van der Waals surface area contributed by atoms with E-state index >= 15 is 0 Å². The summed E-state index contributed by atoms with van der Waals surface area (Å²) >= 11 is 0. The minimum atomic E-state index is -4.84. The molecule has 0 fully saturated rings. The first kappa shape index (κ1) is 30.4. The number of nitrogens with zero attached hydrogens (tertiary/aromatic N) is 1. The molecule has 0 aliphatic rings. The van der Waals surface area contributed by atoms with Crippen LogP contribution in [0.2, 0.25) is 0 Å². The molecule has 2 amide bonds. The molecule has 0 heterocycles. The van der Waals surface area contributed by atoms with E-state index in [-0.39, 0.29) is 36.8 Å². The smallest absolute Gasteiger partial charge is 0.419 e. The van der Waals surface area contributed by atoms with Crippen LogP contribution in [0, 0.1) is 11.7 Å². The lowest BCUT2D eigenvalue weighted by atomic mass is 10.0. The SMILES string of the molecule is COc1ccc(CC(=O)NC(N)=N[C@@H](CC(=O)NCc2ccc(F)c(C(F)(F)F)c2)CC(C)C)cc1OC. The van der Waals surface area contributed by atoms with E-state index in [9.17, 15) is 27.2 Å². The molecule has 4 N–H and O–H groups in total. The van der Waals surface area contributed by atoms with Gasteiger partial charge < -0.3 is 20.5 Å². The Labute approximate surface area is 218 Å². The van der Waals surface area contributed by atoms with Gasteiger partial charge >= 0.3 is 6.18 Å². The molecule has 0 spiro atoms. The molecule has 0 aromatic heterocycles. The molecule has 8 nitrogen and oxygen atoms in total. The fourth-order valence-electron chi connectivity index (χ4n) is 3.70. The van der Waals surface area contributed by atoms with Crippen molar-refractivity contribution < 1.29 is 36.6 Å². The Morgan fingerprint density at radius 3 is 2.26 bits per heavy atom. The van der Waals surface area contributed by atoms with E-state index in [0.29, 0.717) is 35.6 Å². The Bertz CT molecular complexity index is 1150. The summed E-state index contributed by atoms with van der Waals surface area (Å²) in [5.74, 6) is -1.33. The number of hydrogen-bond acceptors (Lipinski definition) is 5. The second-order valence-electron chi connectivity index (χ2n) is 9.00. The third-order valence-electron chi connectivity index (χ3n) is 5.39. The Balaban J connectivity index is 2.00. The first-order valence-electron chi connectivity index (χ1n) is 11.8. The van der Waals surface area contributed by atoms with Crippen LogP contribution in [0.4, 0.5) is 17.6 Å². The average molecular weight is 541 g/mol. The highest BCUT2D eigenvalue weighted by atomic mass is 19.4. The molecule has 0 bridgehead atoms. The van der Waals surface area contributed by atoms with Crippen LogP contribution in [0.1, 0.15) is 43.4 Å². The largest absolute Gasteiger partial charge is 0.493 e. The molecule has 0 radical (unpaired) electrons. The summed E-state index contributed by atoms with van der Waals surface area (Å²) in [7, 11) is 2.98. The molecule has 0 saturated carbocycles. The maximum Gasteiger partial charge on any atom is 0.419 e. The summed E-state index contributed by atoms with van der Waals surface area (Å²) in [6.07, 6.45) is -4.50. The van der Waals surface area contributed by atoms with Crippen molar-refractivity contribution >= 4 is 17.8 Å². The minimum absolute atomic E-state index is 0.0104. The summed E-state index contributed by atoms with van der Waals surface area (Å²) in [5.41, 5.74) is 5.27. The zero-order chi connectivity index (χ0) is 28.5. The van der Waals surface area contributed by atoms with Crippen molar-refractivity contribution in [2.24, 2.45) is 16.6 Å². The molecule has 2 aromatic rings. The lowest BCUT2D eigenvalue weighted by Crippen LogP contribution is -2.39. The highest BCUT2D eigenvalue weighted by Gasteiger charge is 2.34. The topological polar surface area (TPSA) is 115 Å². The van der Waals surface area contributed by atoms with Gasteiger partial charge in [-0.1, -0.05) is 26.0 Å². The number of rotatable bonds is 11. The maximum atomic E-state index is 13.5. The van der Waals surface area contributed by atoms with Crippen LogP contribution in [0.3, 0.4) is 0 Å². The molecule has 2 rings (SSSR count). The molecular formula is C26H32F4N4O4. The summed E-state index contributed by atoms with van der Waals surface area (Å²) in [6, 6.07) is 6.99.